The van der Waals surface area contributed by atoms with Gasteiger partial charge < -0.3 is 4.74 Å². The number of ether oxygens (including phenoxy) is 1. The molecule has 0 spiro atoms. The minimum Gasteiger partial charge on any atom is -0.383 e. The summed E-state index contributed by atoms with van der Waals surface area (Å²) >= 11 is 6.13. The fourth-order valence-electron chi connectivity index (χ4n) is 2.61. The van der Waals surface area contributed by atoms with Crippen LogP contribution in [0.25, 0.3) is 0 Å². The second kappa shape index (κ2) is 5.38. The van der Waals surface area contributed by atoms with E-state index in [4.69, 9.17) is 16.3 Å². The fraction of sp³-hybridized carbons (Fsp3) is 0.333. The molecule has 20 heavy (non-hydrogen) atoms. The Kier molecular flexibility index (Phi) is 3.59. The van der Waals surface area contributed by atoms with Crippen LogP contribution in [0.4, 0.5) is 0 Å². The molecule has 5 heteroatoms. The van der Waals surface area contributed by atoms with Crippen LogP contribution >= 0.6 is 11.6 Å². The molecule has 0 saturated heterocycles. The Labute approximate surface area is 122 Å². The molecule has 2 aromatic rings. The number of nitrogens with zero attached hydrogens (tertiary/aromatic N) is 2. The number of rotatable bonds is 5. The first-order valence-corrected chi connectivity index (χ1v) is 6.92. The van der Waals surface area contributed by atoms with Gasteiger partial charge in [0.05, 0.1) is 30.3 Å². The molecule has 0 N–H and O–H groups in total. The molecule has 104 valence electrons. The predicted molar refractivity (Wildman–Crippen MR) is 76.3 cm³/mol. The van der Waals surface area contributed by atoms with E-state index in [1.165, 1.54) is 11.8 Å². The van der Waals surface area contributed by atoms with Crippen molar-refractivity contribution in [3.8, 4) is 0 Å². The standard InChI is InChI=1S/C15H15ClN2O2/c1-20-7-6-18-14(13(16)9-17-18)15(19)12-8-10-4-2-3-5-11(10)12/h2-5,9,12H,6-8H2,1H3. The zero-order chi connectivity index (χ0) is 14.1. The molecule has 1 unspecified atom stereocenters. The van der Waals surface area contributed by atoms with E-state index in [9.17, 15) is 4.79 Å². The van der Waals surface area contributed by atoms with Crippen molar-refractivity contribution in [3.05, 3.63) is 52.3 Å². The van der Waals surface area contributed by atoms with Crippen molar-refractivity contribution in [3.63, 3.8) is 0 Å². The van der Waals surface area contributed by atoms with E-state index in [0.29, 0.717) is 23.9 Å². The third-order valence-corrected chi connectivity index (χ3v) is 3.98. The fourth-order valence-corrected chi connectivity index (χ4v) is 2.85. The van der Waals surface area contributed by atoms with Crippen molar-refractivity contribution in [2.24, 2.45) is 0 Å². The van der Waals surface area contributed by atoms with Gasteiger partial charge in [-0.2, -0.15) is 5.10 Å². The van der Waals surface area contributed by atoms with Crippen molar-refractivity contribution >= 4 is 17.4 Å². The van der Waals surface area contributed by atoms with E-state index < -0.39 is 0 Å². The smallest absolute Gasteiger partial charge is 0.190 e. The Morgan fingerprint density at radius 1 is 1.50 bits per heavy atom. The summed E-state index contributed by atoms with van der Waals surface area (Å²) < 4.78 is 6.67. The number of aromatic nitrogens is 2. The third kappa shape index (κ3) is 2.15. The van der Waals surface area contributed by atoms with Crippen molar-refractivity contribution in [2.75, 3.05) is 13.7 Å². The zero-order valence-corrected chi connectivity index (χ0v) is 11.9. The minimum absolute atomic E-state index is 0.0438. The molecule has 0 fully saturated rings. The Morgan fingerprint density at radius 2 is 2.30 bits per heavy atom. The van der Waals surface area contributed by atoms with E-state index in [2.05, 4.69) is 11.2 Å². The Balaban J connectivity index is 1.87. The molecule has 1 aromatic carbocycles. The maximum Gasteiger partial charge on any atom is 0.190 e. The van der Waals surface area contributed by atoms with E-state index in [-0.39, 0.29) is 11.7 Å². The molecule has 1 atom stereocenters. The van der Waals surface area contributed by atoms with Gasteiger partial charge in [0.15, 0.2) is 5.78 Å². The van der Waals surface area contributed by atoms with Crippen LogP contribution in [0.3, 0.4) is 0 Å². The predicted octanol–water partition coefficient (Wildman–Crippen LogP) is 2.71. The number of carbonyl (C=O) groups excluding carboxylic acids is 1. The first-order valence-electron chi connectivity index (χ1n) is 6.54. The molecular weight excluding hydrogens is 276 g/mol. The first kappa shape index (κ1) is 13.3. The van der Waals surface area contributed by atoms with Gasteiger partial charge in [-0.1, -0.05) is 35.9 Å². The topological polar surface area (TPSA) is 44.1 Å². The largest absolute Gasteiger partial charge is 0.383 e. The summed E-state index contributed by atoms with van der Waals surface area (Å²) in [4.78, 5) is 12.7. The van der Waals surface area contributed by atoms with Crippen LogP contribution in [-0.2, 0) is 17.7 Å². The molecule has 0 bridgehead atoms. The molecule has 0 aliphatic heterocycles. The molecule has 3 rings (SSSR count). The number of fused-ring (bicyclic) bond motifs is 1. The molecule has 0 radical (unpaired) electrons. The third-order valence-electron chi connectivity index (χ3n) is 3.71. The first-order chi connectivity index (χ1) is 9.72. The second-order valence-corrected chi connectivity index (χ2v) is 5.28. The Hall–Kier alpha value is -1.65. The monoisotopic (exact) mass is 290 g/mol. The van der Waals surface area contributed by atoms with Gasteiger partial charge >= 0.3 is 0 Å². The number of methoxy groups -OCH3 is 1. The van der Waals surface area contributed by atoms with Gasteiger partial charge in [-0.05, 0) is 17.5 Å². The van der Waals surface area contributed by atoms with Crippen molar-refractivity contribution in [2.45, 2.75) is 18.9 Å². The molecule has 1 aliphatic carbocycles. The highest BCUT2D eigenvalue weighted by molar-refractivity contribution is 6.33. The Morgan fingerprint density at radius 3 is 3.05 bits per heavy atom. The lowest BCUT2D eigenvalue weighted by Crippen LogP contribution is -2.27. The van der Waals surface area contributed by atoms with Crippen LogP contribution in [0.5, 0.6) is 0 Å². The van der Waals surface area contributed by atoms with E-state index in [1.54, 1.807) is 11.8 Å². The van der Waals surface area contributed by atoms with Gasteiger partial charge in [0.2, 0.25) is 0 Å². The van der Waals surface area contributed by atoms with Crippen LogP contribution in [0.2, 0.25) is 5.02 Å². The lowest BCUT2D eigenvalue weighted by molar-refractivity contribution is 0.0935. The second-order valence-electron chi connectivity index (χ2n) is 4.88. The van der Waals surface area contributed by atoms with Crippen LogP contribution in [0.15, 0.2) is 30.5 Å². The van der Waals surface area contributed by atoms with Gasteiger partial charge in [0.1, 0.15) is 5.69 Å². The quantitative estimate of drug-likeness (QED) is 0.795. The number of Topliss-reactive ketones (excluding diaryl/α,β-unsaturated/α-hetero) is 1. The summed E-state index contributed by atoms with van der Waals surface area (Å²) in [6, 6.07) is 8.02. The van der Waals surface area contributed by atoms with Gasteiger partial charge in [-0.25, -0.2) is 0 Å². The maximum atomic E-state index is 12.7. The number of hydrogen-bond donors (Lipinski definition) is 0. The van der Waals surface area contributed by atoms with Gasteiger partial charge in [-0.3, -0.25) is 9.48 Å². The molecular formula is C15H15ClN2O2. The molecule has 1 heterocycles. The number of carbonyl (C=O) groups is 1. The summed E-state index contributed by atoms with van der Waals surface area (Å²) in [7, 11) is 1.62. The molecule has 0 saturated carbocycles. The minimum atomic E-state index is -0.0957. The van der Waals surface area contributed by atoms with Crippen LogP contribution in [0.1, 0.15) is 27.5 Å². The lowest BCUT2D eigenvalue weighted by atomic mass is 9.74. The highest BCUT2D eigenvalue weighted by Crippen LogP contribution is 2.38. The van der Waals surface area contributed by atoms with Crippen molar-refractivity contribution in [1.29, 1.82) is 0 Å². The average Bonchev–Trinajstić information content (AvgIpc) is 2.79. The number of halogens is 1. The average molecular weight is 291 g/mol. The Bertz CT molecular complexity index is 651. The number of ketones is 1. The normalized spacial score (nSPS) is 16.6. The number of benzene rings is 1. The van der Waals surface area contributed by atoms with Gasteiger partial charge in [0.25, 0.3) is 0 Å². The summed E-state index contributed by atoms with van der Waals surface area (Å²) in [6.45, 7) is 1.03. The van der Waals surface area contributed by atoms with Gasteiger partial charge in [0, 0.05) is 7.11 Å². The van der Waals surface area contributed by atoms with Crippen LogP contribution in [-0.4, -0.2) is 29.3 Å². The van der Waals surface area contributed by atoms with Crippen molar-refractivity contribution in [1.82, 2.24) is 9.78 Å². The van der Waals surface area contributed by atoms with Gasteiger partial charge in [-0.15, -0.1) is 0 Å². The highest BCUT2D eigenvalue weighted by atomic mass is 35.5. The molecule has 0 amide bonds. The van der Waals surface area contributed by atoms with E-state index >= 15 is 0 Å². The lowest BCUT2D eigenvalue weighted by Gasteiger charge is -2.28. The SMILES string of the molecule is COCCn1ncc(Cl)c1C(=O)C1Cc2ccccc21. The molecule has 4 nitrogen and oxygen atoms in total. The number of hydrogen-bond acceptors (Lipinski definition) is 3. The van der Waals surface area contributed by atoms with E-state index in [1.807, 2.05) is 18.2 Å². The zero-order valence-electron chi connectivity index (χ0n) is 11.2. The molecule has 1 aliphatic rings. The van der Waals surface area contributed by atoms with Crippen LogP contribution < -0.4 is 0 Å². The van der Waals surface area contributed by atoms with Crippen molar-refractivity contribution < 1.29 is 9.53 Å². The summed E-state index contributed by atoms with van der Waals surface area (Å²) in [6.07, 6.45) is 2.30. The maximum absolute atomic E-state index is 12.7. The summed E-state index contributed by atoms with van der Waals surface area (Å²) in [5.41, 5.74) is 2.83. The summed E-state index contributed by atoms with van der Waals surface area (Å²) in [5, 5.41) is 4.57. The van der Waals surface area contributed by atoms with Crippen LogP contribution in [0, 0.1) is 0 Å². The highest BCUT2D eigenvalue weighted by Gasteiger charge is 2.35. The molecule has 1 aromatic heterocycles. The summed E-state index contributed by atoms with van der Waals surface area (Å²) in [5.74, 6) is -0.0519. The van der Waals surface area contributed by atoms with E-state index in [0.717, 1.165) is 12.0 Å².